The zero-order chi connectivity index (χ0) is 15.1. The van der Waals surface area contributed by atoms with Crippen molar-refractivity contribution in [1.29, 1.82) is 0 Å². The van der Waals surface area contributed by atoms with Crippen LogP contribution in [0.5, 0.6) is 0 Å². The second-order valence-corrected chi connectivity index (χ2v) is 5.34. The van der Waals surface area contributed by atoms with E-state index in [-0.39, 0.29) is 11.9 Å². The predicted molar refractivity (Wildman–Crippen MR) is 86.3 cm³/mol. The van der Waals surface area contributed by atoms with E-state index in [0.717, 1.165) is 24.0 Å². The van der Waals surface area contributed by atoms with Crippen molar-refractivity contribution < 1.29 is 4.79 Å². The van der Waals surface area contributed by atoms with Crippen molar-refractivity contribution in [3.8, 4) is 0 Å². The van der Waals surface area contributed by atoms with Gasteiger partial charge < -0.3 is 11.1 Å². The number of nitrogens with two attached hydrogens (primary N) is 1. The maximum Gasteiger partial charge on any atom is 0.251 e. The summed E-state index contributed by atoms with van der Waals surface area (Å²) >= 11 is 0. The summed E-state index contributed by atoms with van der Waals surface area (Å²) in [4.78, 5) is 12.3. The molecule has 2 rings (SSSR count). The monoisotopic (exact) mass is 282 g/mol. The molecule has 2 aromatic carbocycles. The number of benzene rings is 2. The minimum Gasteiger partial charge on any atom is -0.352 e. The first-order valence-corrected chi connectivity index (χ1v) is 7.32. The lowest BCUT2D eigenvalue weighted by Gasteiger charge is -2.11. The lowest BCUT2D eigenvalue weighted by molar-refractivity contribution is 0.0952. The number of carbonyl (C=O) groups excluding carboxylic acids is 1. The molecule has 110 valence electrons. The molecule has 1 atom stereocenters. The summed E-state index contributed by atoms with van der Waals surface area (Å²) in [6.45, 7) is 2.55. The van der Waals surface area contributed by atoms with Crippen molar-refractivity contribution in [2.75, 3.05) is 6.54 Å². The first kappa shape index (κ1) is 15.3. The van der Waals surface area contributed by atoms with Crippen LogP contribution in [0.15, 0.2) is 54.6 Å². The normalized spacial score (nSPS) is 11.9. The fraction of sp³-hybridized carbons (Fsp3) is 0.278. The van der Waals surface area contributed by atoms with E-state index in [1.165, 1.54) is 5.56 Å². The van der Waals surface area contributed by atoms with Crippen LogP contribution in [0.25, 0.3) is 0 Å². The summed E-state index contributed by atoms with van der Waals surface area (Å²) in [5.41, 5.74) is 8.69. The predicted octanol–water partition coefficient (Wildman–Crippen LogP) is 2.74. The third-order valence-corrected chi connectivity index (χ3v) is 3.38. The molecule has 1 amide bonds. The third-order valence-electron chi connectivity index (χ3n) is 3.38. The molecule has 1 unspecified atom stereocenters. The van der Waals surface area contributed by atoms with Crippen molar-refractivity contribution in [2.24, 2.45) is 5.73 Å². The summed E-state index contributed by atoms with van der Waals surface area (Å²) in [5.74, 6) is -0.0258. The molecule has 0 aliphatic heterocycles. The van der Waals surface area contributed by atoms with Crippen LogP contribution in [0, 0.1) is 0 Å². The summed E-state index contributed by atoms with van der Waals surface area (Å²) in [6, 6.07) is 18.0. The van der Waals surface area contributed by atoms with E-state index in [1.807, 2.05) is 49.4 Å². The van der Waals surface area contributed by atoms with Crippen LogP contribution in [0.3, 0.4) is 0 Å². The average Bonchev–Trinajstić information content (AvgIpc) is 2.48. The Kier molecular flexibility index (Phi) is 5.52. The topological polar surface area (TPSA) is 55.1 Å². The van der Waals surface area contributed by atoms with Gasteiger partial charge in [0.25, 0.3) is 5.91 Å². The molecule has 0 aliphatic carbocycles. The quantitative estimate of drug-likeness (QED) is 0.856. The molecular weight excluding hydrogens is 260 g/mol. The zero-order valence-electron chi connectivity index (χ0n) is 12.4. The lowest BCUT2D eigenvalue weighted by Crippen LogP contribution is -2.29. The Hall–Kier alpha value is -2.13. The number of amides is 1. The van der Waals surface area contributed by atoms with E-state index in [4.69, 9.17) is 5.73 Å². The van der Waals surface area contributed by atoms with Gasteiger partial charge >= 0.3 is 0 Å². The van der Waals surface area contributed by atoms with E-state index in [1.54, 1.807) is 0 Å². The van der Waals surface area contributed by atoms with Gasteiger partial charge in [0.2, 0.25) is 0 Å². The van der Waals surface area contributed by atoms with Gasteiger partial charge in [-0.05, 0) is 37.0 Å². The maximum absolute atomic E-state index is 12.3. The van der Waals surface area contributed by atoms with Gasteiger partial charge in [-0.2, -0.15) is 0 Å². The van der Waals surface area contributed by atoms with Gasteiger partial charge in [0, 0.05) is 18.2 Å². The Morgan fingerprint density at radius 2 is 1.76 bits per heavy atom. The van der Waals surface area contributed by atoms with Crippen LogP contribution >= 0.6 is 0 Å². The van der Waals surface area contributed by atoms with Gasteiger partial charge in [-0.3, -0.25) is 4.79 Å². The Bertz CT molecular complexity index is 579. The zero-order valence-corrected chi connectivity index (χ0v) is 12.4. The average molecular weight is 282 g/mol. The summed E-state index contributed by atoms with van der Waals surface area (Å²) in [5, 5.41) is 2.94. The molecule has 0 heterocycles. The molecule has 3 nitrogen and oxygen atoms in total. The Labute approximate surface area is 126 Å². The minimum absolute atomic E-state index is 0.0258. The van der Waals surface area contributed by atoms with Crippen molar-refractivity contribution in [3.05, 3.63) is 71.3 Å². The second kappa shape index (κ2) is 7.60. The Morgan fingerprint density at radius 3 is 2.48 bits per heavy atom. The lowest BCUT2D eigenvalue weighted by atomic mass is 9.99. The second-order valence-electron chi connectivity index (χ2n) is 5.34. The third kappa shape index (κ3) is 4.72. The van der Waals surface area contributed by atoms with Gasteiger partial charge in [-0.1, -0.05) is 48.5 Å². The molecule has 0 radical (unpaired) electrons. The van der Waals surface area contributed by atoms with Crippen LogP contribution in [0.2, 0.25) is 0 Å². The maximum atomic E-state index is 12.3. The number of carbonyl (C=O) groups is 1. The van der Waals surface area contributed by atoms with E-state index >= 15 is 0 Å². The van der Waals surface area contributed by atoms with Crippen molar-refractivity contribution >= 4 is 5.91 Å². The summed E-state index contributed by atoms with van der Waals surface area (Å²) in [7, 11) is 0. The van der Waals surface area contributed by atoms with Crippen molar-refractivity contribution in [3.63, 3.8) is 0 Å². The summed E-state index contributed by atoms with van der Waals surface area (Å²) < 4.78 is 0. The molecule has 0 bridgehead atoms. The molecule has 3 heteroatoms. The van der Waals surface area contributed by atoms with Gasteiger partial charge in [0.1, 0.15) is 0 Å². The molecule has 0 saturated carbocycles. The largest absolute Gasteiger partial charge is 0.352 e. The highest BCUT2D eigenvalue weighted by Crippen LogP contribution is 2.14. The molecule has 21 heavy (non-hydrogen) atoms. The SMILES string of the molecule is CC(N)CCNC(=O)c1ccccc1Cc1ccccc1. The van der Waals surface area contributed by atoms with Crippen molar-refractivity contribution in [1.82, 2.24) is 5.32 Å². The number of hydrogen-bond acceptors (Lipinski definition) is 2. The molecule has 0 spiro atoms. The van der Waals surface area contributed by atoms with Crippen molar-refractivity contribution in [2.45, 2.75) is 25.8 Å². The van der Waals surface area contributed by atoms with Gasteiger partial charge in [-0.15, -0.1) is 0 Å². The highest BCUT2D eigenvalue weighted by Gasteiger charge is 2.10. The number of rotatable bonds is 6. The van der Waals surface area contributed by atoms with Gasteiger partial charge in [0.05, 0.1) is 0 Å². The standard InChI is InChI=1S/C18H22N2O/c1-14(19)11-12-20-18(21)17-10-6-5-9-16(17)13-15-7-3-2-4-8-15/h2-10,14H,11-13,19H2,1H3,(H,20,21). The molecule has 0 aromatic heterocycles. The number of hydrogen-bond donors (Lipinski definition) is 2. The smallest absolute Gasteiger partial charge is 0.251 e. The van der Waals surface area contributed by atoms with E-state index in [0.29, 0.717) is 6.54 Å². The van der Waals surface area contributed by atoms with Crippen LogP contribution in [0.4, 0.5) is 0 Å². The Morgan fingerprint density at radius 1 is 1.10 bits per heavy atom. The molecule has 3 N–H and O–H groups in total. The van der Waals surface area contributed by atoms with E-state index in [9.17, 15) is 4.79 Å². The molecule has 0 fully saturated rings. The number of nitrogens with one attached hydrogen (secondary N) is 1. The molecule has 0 aliphatic rings. The fourth-order valence-electron chi connectivity index (χ4n) is 2.22. The van der Waals surface area contributed by atoms with Crippen LogP contribution in [-0.4, -0.2) is 18.5 Å². The van der Waals surface area contributed by atoms with Crippen LogP contribution in [0.1, 0.15) is 34.8 Å². The van der Waals surface area contributed by atoms with Gasteiger partial charge in [-0.25, -0.2) is 0 Å². The van der Waals surface area contributed by atoms with E-state index in [2.05, 4.69) is 17.4 Å². The first-order chi connectivity index (χ1) is 10.2. The van der Waals surface area contributed by atoms with Gasteiger partial charge in [0.15, 0.2) is 0 Å². The van der Waals surface area contributed by atoms with Crippen LogP contribution in [-0.2, 0) is 6.42 Å². The highest BCUT2D eigenvalue weighted by atomic mass is 16.1. The van der Waals surface area contributed by atoms with Crippen LogP contribution < -0.4 is 11.1 Å². The molecule has 0 saturated heterocycles. The van der Waals surface area contributed by atoms with E-state index < -0.39 is 0 Å². The Balaban J connectivity index is 2.07. The first-order valence-electron chi connectivity index (χ1n) is 7.32. The molecule has 2 aromatic rings. The highest BCUT2D eigenvalue weighted by molar-refractivity contribution is 5.95. The summed E-state index contributed by atoms with van der Waals surface area (Å²) in [6.07, 6.45) is 1.55. The minimum atomic E-state index is -0.0258. The fourth-order valence-corrected chi connectivity index (χ4v) is 2.22. The molecular formula is C18H22N2O.